The van der Waals surface area contributed by atoms with Gasteiger partial charge in [0.1, 0.15) is 11.5 Å². The molecule has 0 heterocycles. The maximum atomic E-state index is 10.7. The fourth-order valence-corrected chi connectivity index (χ4v) is 1.75. The molecule has 2 N–H and O–H groups in total. The lowest BCUT2D eigenvalue weighted by Gasteiger charge is -1.97. The molecule has 0 saturated heterocycles. The molecule has 0 aromatic rings. The molecule has 0 aliphatic carbocycles. The van der Waals surface area contributed by atoms with Crippen LogP contribution >= 0.6 is 0 Å². The minimum Gasteiger partial charge on any atom is -0.298 e. The van der Waals surface area contributed by atoms with E-state index in [1.807, 2.05) is 0 Å². The number of rotatable bonds is 6. The highest BCUT2D eigenvalue weighted by atomic mass is 32.2. The highest BCUT2D eigenvalue weighted by Crippen LogP contribution is 1.94. The first-order valence-corrected chi connectivity index (χ1v) is 6.65. The molecule has 10 heteroatoms. The van der Waals surface area contributed by atoms with Crippen molar-refractivity contribution in [2.45, 2.75) is 6.42 Å². The van der Waals surface area contributed by atoms with Crippen molar-refractivity contribution in [3.8, 4) is 0 Å². The van der Waals surface area contributed by atoms with Crippen LogP contribution in [-0.2, 0) is 29.8 Å². The van der Waals surface area contributed by atoms with Crippen LogP contribution < -0.4 is 0 Å². The van der Waals surface area contributed by atoms with Crippen molar-refractivity contribution in [3.05, 3.63) is 0 Å². The molecule has 0 spiro atoms. The Balaban J connectivity index is 4.28. The van der Waals surface area contributed by atoms with Gasteiger partial charge in [-0.3, -0.25) is 18.7 Å². The number of carbonyl (C=O) groups is 2. The maximum Gasteiger partial charge on any atom is 0.272 e. The predicted molar refractivity (Wildman–Crippen MR) is 47.5 cm³/mol. The van der Waals surface area contributed by atoms with Crippen molar-refractivity contribution >= 4 is 31.8 Å². The Bertz CT molecular complexity index is 411. The quantitative estimate of drug-likeness (QED) is 0.424. The molecule has 0 fully saturated rings. The van der Waals surface area contributed by atoms with Gasteiger partial charge in [0.15, 0.2) is 11.6 Å². The molecule has 0 amide bonds. The number of carbonyl (C=O) groups excluding carboxylic acids is 2. The molecular weight excluding hydrogens is 252 g/mol. The average Bonchev–Trinajstić information content (AvgIpc) is 1.73. The average molecular weight is 260 g/mol. The third-order valence-electron chi connectivity index (χ3n) is 1.08. The Morgan fingerprint density at radius 2 is 1.07 bits per heavy atom. The molecule has 0 aliphatic heterocycles. The van der Waals surface area contributed by atoms with E-state index in [9.17, 15) is 26.4 Å². The van der Waals surface area contributed by atoms with Crippen molar-refractivity contribution in [1.29, 1.82) is 0 Å². The molecule has 0 rings (SSSR count). The highest BCUT2D eigenvalue weighted by molar-refractivity contribution is 7.86. The van der Waals surface area contributed by atoms with Crippen LogP contribution in [0.25, 0.3) is 0 Å². The van der Waals surface area contributed by atoms with Crippen molar-refractivity contribution < 1.29 is 35.5 Å². The number of Topliss-reactive ketones (excluding diaryl/α,β-unsaturated/α-hetero) is 2. The van der Waals surface area contributed by atoms with E-state index < -0.39 is 49.7 Å². The van der Waals surface area contributed by atoms with Gasteiger partial charge < -0.3 is 0 Å². The van der Waals surface area contributed by atoms with Crippen molar-refractivity contribution in [2.75, 3.05) is 11.5 Å². The first-order chi connectivity index (χ1) is 6.49. The van der Waals surface area contributed by atoms with Crippen molar-refractivity contribution in [1.82, 2.24) is 0 Å². The molecule has 0 bridgehead atoms. The summed E-state index contributed by atoms with van der Waals surface area (Å²) < 4.78 is 57.1. The minimum atomic E-state index is -4.53. The van der Waals surface area contributed by atoms with Gasteiger partial charge >= 0.3 is 0 Å². The fourth-order valence-electron chi connectivity index (χ4n) is 0.729. The predicted octanol–water partition coefficient (Wildman–Crippen LogP) is -1.71. The van der Waals surface area contributed by atoms with Gasteiger partial charge in [-0.05, 0) is 0 Å². The van der Waals surface area contributed by atoms with E-state index in [0.717, 1.165) is 0 Å². The van der Waals surface area contributed by atoms with Gasteiger partial charge in [-0.1, -0.05) is 0 Å². The number of hydrogen-bond donors (Lipinski definition) is 2. The maximum absolute atomic E-state index is 10.7. The number of ketones is 2. The Hall–Kier alpha value is -0.840. The lowest BCUT2D eigenvalue weighted by atomic mass is 10.2. The molecular formula is C5H8O8S2. The Morgan fingerprint density at radius 3 is 1.27 bits per heavy atom. The molecule has 0 saturated carbocycles. The standard InChI is InChI=1S/C5H8O8S2/c6-4(2-14(8,9)10)1-5(7)3-15(11,12)13/h1-3H2,(H,8,9,10)(H,11,12,13). The second-order valence-electron chi connectivity index (χ2n) is 2.71. The van der Waals surface area contributed by atoms with Crippen LogP contribution in [0.2, 0.25) is 0 Å². The summed E-state index contributed by atoms with van der Waals surface area (Å²) in [4.78, 5) is 21.4. The molecule has 0 aromatic carbocycles. The normalized spacial score (nSPS) is 12.4. The topological polar surface area (TPSA) is 143 Å². The van der Waals surface area contributed by atoms with Crippen molar-refractivity contribution in [2.24, 2.45) is 0 Å². The summed E-state index contributed by atoms with van der Waals surface area (Å²) in [5.74, 6) is -4.81. The summed E-state index contributed by atoms with van der Waals surface area (Å²) in [6.07, 6.45) is -0.973. The van der Waals surface area contributed by atoms with E-state index in [2.05, 4.69) is 0 Å². The van der Waals surface area contributed by atoms with Crippen LogP contribution in [0.3, 0.4) is 0 Å². The molecule has 88 valence electrons. The second kappa shape index (κ2) is 4.79. The monoisotopic (exact) mass is 260 g/mol. The lowest BCUT2D eigenvalue weighted by Crippen LogP contribution is -2.22. The van der Waals surface area contributed by atoms with Crippen LogP contribution in [0.4, 0.5) is 0 Å². The summed E-state index contributed by atoms with van der Waals surface area (Å²) in [5, 5.41) is 0. The van der Waals surface area contributed by atoms with Gasteiger partial charge in [0, 0.05) is 0 Å². The molecule has 0 aromatic heterocycles. The third kappa shape index (κ3) is 9.46. The van der Waals surface area contributed by atoms with E-state index in [1.165, 1.54) is 0 Å². The summed E-state index contributed by atoms with van der Waals surface area (Å²) in [7, 11) is -9.05. The Kier molecular flexibility index (Phi) is 4.52. The SMILES string of the molecule is O=C(CC(=O)CS(=O)(=O)O)CS(=O)(=O)O. The van der Waals surface area contributed by atoms with Crippen LogP contribution in [0.1, 0.15) is 6.42 Å². The van der Waals surface area contributed by atoms with Crippen LogP contribution in [0.15, 0.2) is 0 Å². The Labute approximate surface area is 85.8 Å². The minimum absolute atomic E-state index is 0.973. The largest absolute Gasteiger partial charge is 0.298 e. The summed E-state index contributed by atoms with van der Waals surface area (Å²) in [6.45, 7) is 0. The van der Waals surface area contributed by atoms with Crippen LogP contribution in [0, 0.1) is 0 Å². The van der Waals surface area contributed by atoms with Gasteiger partial charge in [0.2, 0.25) is 0 Å². The summed E-state index contributed by atoms with van der Waals surface area (Å²) >= 11 is 0. The summed E-state index contributed by atoms with van der Waals surface area (Å²) in [5.41, 5.74) is 0. The zero-order chi connectivity index (χ0) is 12.3. The van der Waals surface area contributed by atoms with Crippen molar-refractivity contribution in [3.63, 3.8) is 0 Å². The van der Waals surface area contributed by atoms with E-state index in [4.69, 9.17) is 9.11 Å². The molecule has 0 atom stereocenters. The first kappa shape index (κ1) is 14.2. The fraction of sp³-hybridized carbons (Fsp3) is 0.600. The first-order valence-electron chi connectivity index (χ1n) is 3.43. The van der Waals surface area contributed by atoms with Gasteiger partial charge in [0.25, 0.3) is 20.2 Å². The molecule has 0 unspecified atom stereocenters. The van der Waals surface area contributed by atoms with Gasteiger partial charge in [-0.25, -0.2) is 0 Å². The second-order valence-corrected chi connectivity index (χ2v) is 5.61. The lowest BCUT2D eigenvalue weighted by molar-refractivity contribution is -0.124. The zero-order valence-corrected chi connectivity index (χ0v) is 8.91. The van der Waals surface area contributed by atoms with Gasteiger partial charge in [0.05, 0.1) is 6.42 Å². The molecule has 8 nitrogen and oxygen atoms in total. The Morgan fingerprint density at radius 1 is 0.800 bits per heavy atom. The van der Waals surface area contributed by atoms with E-state index >= 15 is 0 Å². The third-order valence-corrected chi connectivity index (χ3v) is 2.45. The van der Waals surface area contributed by atoms with Gasteiger partial charge in [-0.15, -0.1) is 0 Å². The highest BCUT2D eigenvalue weighted by Gasteiger charge is 2.19. The number of hydrogen-bond acceptors (Lipinski definition) is 6. The van der Waals surface area contributed by atoms with Gasteiger partial charge in [-0.2, -0.15) is 16.8 Å². The van der Waals surface area contributed by atoms with E-state index in [-0.39, 0.29) is 0 Å². The van der Waals surface area contributed by atoms with Crippen LogP contribution in [-0.4, -0.2) is 49.0 Å². The summed E-state index contributed by atoms with van der Waals surface area (Å²) in [6, 6.07) is 0. The zero-order valence-electron chi connectivity index (χ0n) is 7.28. The molecule has 0 radical (unpaired) electrons. The molecule has 0 aliphatic rings. The van der Waals surface area contributed by atoms with Crippen LogP contribution in [0.5, 0.6) is 0 Å². The smallest absolute Gasteiger partial charge is 0.272 e. The molecule has 15 heavy (non-hydrogen) atoms. The van der Waals surface area contributed by atoms with E-state index in [1.54, 1.807) is 0 Å². The van der Waals surface area contributed by atoms with E-state index in [0.29, 0.717) is 0 Å².